The van der Waals surface area contributed by atoms with Gasteiger partial charge < -0.3 is 16.8 Å². The summed E-state index contributed by atoms with van der Waals surface area (Å²) in [5.41, 5.74) is 11.0. The van der Waals surface area contributed by atoms with Gasteiger partial charge in [-0.05, 0) is 12.1 Å². The minimum absolute atomic E-state index is 0.143. The van der Waals surface area contributed by atoms with Crippen molar-refractivity contribution < 1.29 is 9.59 Å². The molecule has 0 atom stereocenters. The molecule has 0 aliphatic carbocycles. The molecule has 0 saturated heterocycles. The Morgan fingerprint density at radius 2 is 2.00 bits per heavy atom. The van der Waals surface area contributed by atoms with Gasteiger partial charge in [-0.15, -0.1) is 23.5 Å². The first-order valence-corrected chi connectivity index (χ1v) is 7.85. The van der Waals surface area contributed by atoms with Crippen LogP contribution in [-0.4, -0.2) is 29.3 Å². The van der Waals surface area contributed by atoms with E-state index >= 15 is 0 Å². The predicted octanol–water partition coefficient (Wildman–Crippen LogP) is 0.991. The SMILES string of the molecule is NCSCSc1ccccc1C(=O)NCCC(N)=O. The third kappa shape index (κ3) is 6.00. The molecule has 0 bridgehead atoms. The molecule has 0 radical (unpaired) electrons. The van der Waals surface area contributed by atoms with Crippen LogP contribution in [0.25, 0.3) is 0 Å². The van der Waals surface area contributed by atoms with Gasteiger partial charge in [0.25, 0.3) is 5.91 Å². The molecule has 2 amide bonds. The zero-order valence-corrected chi connectivity index (χ0v) is 12.1. The normalized spacial score (nSPS) is 10.2. The summed E-state index contributed by atoms with van der Waals surface area (Å²) >= 11 is 3.16. The van der Waals surface area contributed by atoms with Crippen molar-refractivity contribution in [2.75, 3.05) is 17.5 Å². The highest BCUT2D eigenvalue weighted by molar-refractivity contribution is 8.16. The van der Waals surface area contributed by atoms with E-state index in [1.807, 2.05) is 18.2 Å². The van der Waals surface area contributed by atoms with E-state index in [0.717, 1.165) is 9.98 Å². The van der Waals surface area contributed by atoms with Gasteiger partial charge in [-0.3, -0.25) is 9.59 Å². The monoisotopic (exact) mass is 299 g/mol. The van der Waals surface area contributed by atoms with E-state index in [-0.39, 0.29) is 18.9 Å². The second kappa shape index (κ2) is 8.84. The summed E-state index contributed by atoms with van der Waals surface area (Å²) in [6.07, 6.45) is 0.143. The zero-order valence-electron chi connectivity index (χ0n) is 10.4. The van der Waals surface area contributed by atoms with Crippen LogP contribution < -0.4 is 16.8 Å². The Hall–Kier alpha value is -1.18. The van der Waals surface area contributed by atoms with Gasteiger partial charge in [0.2, 0.25) is 5.91 Å². The van der Waals surface area contributed by atoms with Gasteiger partial charge in [0.15, 0.2) is 0 Å². The summed E-state index contributed by atoms with van der Waals surface area (Å²) in [7, 11) is 0. The molecular formula is C12H17N3O2S2. The average Bonchev–Trinajstić information content (AvgIpc) is 2.39. The van der Waals surface area contributed by atoms with Gasteiger partial charge in [0, 0.05) is 28.8 Å². The Balaban J connectivity index is 2.59. The Morgan fingerprint density at radius 3 is 2.68 bits per heavy atom. The summed E-state index contributed by atoms with van der Waals surface area (Å²) in [5, 5.41) is 3.47. The van der Waals surface area contributed by atoms with Crippen molar-refractivity contribution in [3.05, 3.63) is 29.8 Å². The summed E-state index contributed by atoms with van der Waals surface area (Å²) in [4.78, 5) is 23.5. The molecule has 1 rings (SSSR count). The molecule has 0 unspecified atom stereocenters. The molecule has 0 fully saturated rings. The van der Waals surface area contributed by atoms with Crippen LogP contribution in [0.4, 0.5) is 0 Å². The first-order valence-electron chi connectivity index (χ1n) is 5.71. The van der Waals surface area contributed by atoms with E-state index in [1.165, 1.54) is 0 Å². The minimum Gasteiger partial charge on any atom is -0.370 e. The van der Waals surface area contributed by atoms with Crippen molar-refractivity contribution in [3.63, 3.8) is 0 Å². The fraction of sp³-hybridized carbons (Fsp3) is 0.333. The smallest absolute Gasteiger partial charge is 0.252 e. The standard InChI is InChI=1S/C12H17N3O2S2/c13-7-18-8-19-10-4-2-1-3-9(10)12(17)15-6-5-11(14)16/h1-4H,5-8,13H2,(H2,14,16)(H,15,17). The summed E-state index contributed by atoms with van der Waals surface area (Å²) in [6.45, 7) is 0.255. The number of hydrogen-bond donors (Lipinski definition) is 3. The average molecular weight is 299 g/mol. The molecule has 0 spiro atoms. The van der Waals surface area contributed by atoms with Crippen molar-refractivity contribution in [1.29, 1.82) is 0 Å². The molecule has 7 heteroatoms. The number of primary amides is 1. The highest BCUT2D eigenvalue weighted by atomic mass is 32.2. The summed E-state index contributed by atoms with van der Waals surface area (Å²) < 4.78 is 0. The fourth-order valence-electron chi connectivity index (χ4n) is 1.33. The maximum absolute atomic E-state index is 12.0. The number of hydrogen-bond acceptors (Lipinski definition) is 5. The van der Waals surface area contributed by atoms with Crippen molar-refractivity contribution in [2.24, 2.45) is 11.5 Å². The van der Waals surface area contributed by atoms with Crippen LogP contribution >= 0.6 is 23.5 Å². The molecule has 1 aromatic rings. The van der Waals surface area contributed by atoms with Crippen LogP contribution in [-0.2, 0) is 4.79 Å². The van der Waals surface area contributed by atoms with Crippen LogP contribution in [0.5, 0.6) is 0 Å². The van der Waals surface area contributed by atoms with E-state index in [2.05, 4.69) is 5.32 Å². The number of nitrogens with two attached hydrogens (primary N) is 2. The molecule has 5 N–H and O–H groups in total. The van der Waals surface area contributed by atoms with Crippen LogP contribution in [0.1, 0.15) is 16.8 Å². The van der Waals surface area contributed by atoms with Crippen LogP contribution in [0.15, 0.2) is 29.2 Å². The Morgan fingerprint density at radius 1 is 1.26 bits per heavy atom. The molecular weight excluding hydrogens is 282 g/mol. The topological polar surface area (TPSA) is 98.2 Å². The van der Waals surface area contributed by atoms with Crippen molar-refractivity contribution in [1.82, 2.24) is 5.32 Å². The lowest BCUT2D eigenvalue weighted by atomic mass is 10.2. The molecule has 0 aromatic heterocycles. The van der Waals surface area contributed by atoms with E-state index in [4.69, 9.17) is 11.5 Å². The lowest BCUT2D eigenvalue weighted by Crippen LogP contribution is -2.28. The molecule has 0 aliphatic rings. The molecule has 5 nitrogen and oxygen atoms in total. The second-order valence-corrected chi connectivity index (χ2v) is 6.01. The lowest BCUT2D eigenvalue weighted by Gasteiger charge is -2.09. The number of benzene rings is 1. The number of rotatable bonds is 8. The van der Waals surface area contributed by atoms with E-state index in [9.17, 15) is 9.59 Å². The van der Waals surface area contributed by atoms with Crippen LogP contribution in [0.2, 0.25) is 0 Å². The number of carbonyl (C=O) groups excluding carboxylic acids is 2. The highest BCUT2D eigenvalue weighted by Crippen LogP contribution is 2.25. The van der Waals surface area contributed by atoms with Crippen molar-refractivity contribution in [2.45, 2.75) is 11.3 Å². The highest BCUT2D eigenvalue weighted by Gasteiger charge is 2.10. The third-order valence-corrected chi connectivity index (χ3v) is 4.25. The zero-order chi connectivity index (χ0) is 14.1. The fourth-order valence-corrected chi connectivity index (χ4v) is 3.04. The summed E-state index contributed by atoms with van der Waals surface area (Å²) in [5.74, 6) is -0.0654. The largest absolute Gasteiger partial charge is 0.370 e. The van der Waals surface area contributed by atoms with Gasteiger partial charge in [-0.2, -0.15) is 0 Å². The Labute approximate surface area is 120 Å². The quantitative estimate of drug-likeness (QED) is 0.378. The van der Waals surface area contributed by atoms with Gasteiger partial charge in [-0.25, -0.2) is 0 Å². The van der Waals surface area contributed by atoms with E-state index in [0.29, 0.717) is 11.4 Å². The van der Waals surface area contributed by atoms with Crippen LogP contribution in [0, 0.1) is 0 Å². The minimum atomic E-state index is -0.428. The van der Waals surface area contributed by atoms with E-state index < -0.39 is 5.91 Å². The van der Waals surface area contributed by atoms with Gasteiger partial charge >= 0.3 is 0 Å². The van der Waals surface area contributed by atoms with Crippen LogP contribution in [0.3, 0.4) is 0 Å². The maximum Gasteiger partial charge on any atom is 0.252 e. The maximum atomic E-state index is 12.0. The first kappa shape index (κ1) is 15.9. The molecule has 19 heavy (non-hydrogen) atoms. The van der Waals surface area contributed by atoms with Gasteiger partial charge in [-0.1, -0.05) is 12.1 Å². The second-order valence-electron chi connectivity index (χ2n) is 3.60. The van der Waals surface area contributed by atoms with Gasteiger partial charge in [0.05, 0.1) is 5.56 Å². The third-order valence-electron chi connectivity index (χ3n) is 2.20. The summed E-state index contributed by atoms with van der Waals surface area (Å²) in [6, 6.07) is 7.35. The number of nitrogens with one attached hydrogen (secondary N) is 1. The lowest BCUT2D eigenvalue weighted by molar-refractivity contribution is -0.117. The molecule has 0 aliphatic heterocycles. The molecule has 104 valence electrons. The molecule has 1 aromatic carbocycles. The number of carbonyl (C=O) groups is 2. The van der Waals surface area contributed by atoms with Crippen molar-refractivity contribution >= 4 is 35.3 Å². The predicted molar refractivity (Wildman–Crippen MR) is 80.0 cm³/mol. The molecule has 0 saturated carbocycles. The van der Waals surface area contributed by atoms with Crippen molar-refractivity contribution in [3.8, 4) is 0 Å². The van der Waals surface area contributed by atoms with E-state index in [1.54, 1.807) is 29.6 Å². The number of thioether (sulfide) groups is 2. The number of amides is 2. The first-order chi connectivity index (χ1) is 9.15. The molecule has 0 heterocycles. The Kier molecular flexibility index (Phi) is 7.39. The Bertz CT molecular complexity index is 441. The van der Waals surface area contributed by atoms with Gasteiger partial charge in [0.1, 0.15) is 0 Å².